The van der Waals surface area contributed by atoms with Gasteiger partial charge < -0.3 is 15.5 Å². The van der Waals surface area contributed by atoms with Gasteiger partial charge in [0.1, 0.15) is 0 Å². The first-order chi connectivity index (χ1) is 9.31. The summed E-state index contributed by atoms with van der Waals surface area (Å²) < 4.78 is 0. The predicted octanol–water partition coefficient (Wildman–Crippen LogP) is 3.22. The molecule has 0 radical (unpaired) electrons. The molecule has 120 valence electrons. The van der Waals surface area contributed by atoms with E-state index in [1.54, 1.807) is 0 Å². The number of guanidine groups is 1. The van der Waals surface area contributed by atoms with Crippen LogP contribution < -0.4 is 15.5 Å². The van der Waals surface area contributed by atoms with Gasteiger partial charge in [0.05, 0.1) is 6.54 Å². The number of anilines is 1. The molecule has 0 aliphatic rings. The minimum absolute atomic E-state index is 0. The number of rotatable bonds is 4. The van der Waals surface area contributed by atoms with Crippen LogP contribution in [0, 0.1) is 0 Å². The molecule has 0 unspecified atom stereocenters. The molecule has 0 aliphatic heterocycles. The molecular weight excluding hydrogens is 375 g/mol. The van der Waals surface area contributed by atoms with Crippen molar-refractivity contribution in [1.29, 1.82) is 0 Å². The third-order valence-electron chi connectivity index (χ3n) is 2.68. The zero-order valence-corrected chi connectivity index (χ0v) is 16.4. The van der Waals surface area contributed by atoms with E-state index in [2.05, 4.69) is 72.5 Å². The van der Waals surface area contributed by atoms with Crippen molar-refractivity contribution in [1.82, 2.24) is 10.6 Å². The maximum absolute atomic E-state index is 4.65. The Morgan fingerprint density at radius 2 is 1.90 bits per heavy atom. The van der Waals surface area contributed by atoms with Crippen LogP contribution in [0.2, 0.25) is 0 Å². The fraction of sp³-hybridized carbons (Fsp3) is 0.562. The Labute approximate surface area is 146 Å². The van der Waals surface area contributed by atoms with Gasteiger partial charge in [0, 0.05) is 31.9 Å². The summed E-state index contributed by atoms with van der Waals surface area (Å²) in [6.45, 7) is 10.0. The highest BCUT2D eigenvalue weighted by Crippen LogP contribution is 2.14. The number of nitrogens with zero attached hydrogens (tertiary/aromatic N) is 2. The van der Waals surface area contributed by atoms with Gasteiger partial charge in [-0.05, 0) is 45.4 Å². The first-order valence-corrected chi connectivity index (χ1v) is 7.14. The van der Waals surface area contributed by atoms with Crippen LogP contribution in [-0.2, 0) is 6.54 Å². The van der Waals surface area contributed by atoms with Crippen molar-refractivity contribution >= 4 is 35.6 Å². The molecule has 0 saturated carbocycles. The smallest absolute Gasteiger partial charge is 0.191 e. The van der Waals surface area contributed by atoms with E-state index in [-0.39, 0.29) is 29.5 Å². The predicted molar refractivity (Wildman–Crippen MR) is 104 cm³/mol. The van der Waals surface area contributed by atoms with Gasteiger partial charge in [-0.2, -0.15) is 0 Å². The Balaban J connectivity index is 0.00000400. The average Bonchev–Trinajstić information content (AvgIpc) is 2.35. The minimum Gasteiger partial charge on any atom is -0.378 e. The summed E-state index contributed by atoms with van der Waals surface area (Å²) in [6.07, 6.45) is 0. The second kappa shape index (κ2) is 9.12. The summed E-state index contributed by atoms with van der Waals surface area (Å²) in [5.74, 6) is 0.857. The maximum atomic E-state index is 4.65. The number of aliphatic imine (C=N–C) groups is 1. The molecule has 4 nitrogen and oxygen atoms in total. The molecular formula is C16H29IN4. The summed E-state index contributed by atoms with van der Waals surface area (Å²) in [5.41, 5.74) is 2.42. The SMILES string of the molecule is CCNC(=NCc1cccc(N(C)C)c1)NC(C)(C)C.I. The quantitative estimate of drug-likeness (QED) is 0.460. The Hall–Kier alpha value is -0.980. The third-order valence-corrected chi connectivity index (χ3v) is 2.68. The zero-order valence-electron chi connectivity index (χ0n) is 14.0. The highest BCUT2D eigenvalue weighted by atomic mass is 127. The number of halogens is 1. The zero-order chi connectivity index (χ0) is 15.2. The van der Waals surface area contributed by atoms with Crippen molar-refractivity contribution in [2.24, 2.45) is 4.99 Å². The molecule has 2 N–H and O–H groups in total. The van der Waals surface area contributed by atoms with Gasteiger partial charge in [0.15, 0.2) is 5.96 Å². The molecule has 1 rings (SSSR count). The molecule has 0 fully saturated rings. The molecule has 21 heavy (non-hydrogen) atoms. The number of benzene rings is 1. The van der Waals surface area contributed by atoms with Gasteiger partial charge in [-0.15, -0.1) is 24.0 Å². The Bertz CT molecular complexity index is 450. The summed E-state index contributed by atoms with van der Waals surface area (Å²) in [7, 11) is 4.10. The summed E-state index contributed by atoms with van der Waals surface area (Å²) in [6, 6.07) is 8.46. The van der Waals surface area contributed by atoms with Crippen molar-refractivity contribution in [2.75, 3.05) is 25.5 Å². The summed E-state index contributed by atoms with van der Waals surface area (Å²) in [4.78, 5) is 6.75. The molecule has 5 heteroatoms. The highest BCUT2D eigenvalue weighted by Gasteiger charge is 2.11. The number of hydrogen-bond donors (Lipinski definition) is 2. The van der Waals surface area contributed by atoms with E-state index < -0.39 is 0 Å². The van der Waals surface area contributed by atoms with E-state index in [9.17, 15) is 0 Å². The van der Waals surface area contributed by atoms with Crippen molar-refractivity contribution in [3.05, 3.63) is 29.8 Å². The molecule has 0 atom stereocenters. The summed E-state index contributed by atoms with van der Waals surface area (Å²) in [5, 5.41) is 6.67. The van der Waals surface area contributed by atoms with Crippen molar-refractivity contribution in [3.8, 4) is 0 Å². The monoisotopic (exact) mass is 404 g/mol. The minimum atomic E-state index is 0. The van der Waals surface area contributed by atoms with Gasteiger partial charge in [-0.1, -0.05) is 12.1 Å². The van der Waals surface area contributed by atoms with Crippen LogP contribution in [-0.4, -0.2) is 32.1 Å². The highest BCUT2D eigenvalue weighted by molar-refractivity contribution is 14.0. The largest absolute Gasteiger partial charge is 0.378 e. The van der Waals surface area contributed by atoms with Gasteiger partial charge >= 0.3 is 0 Å². The van der Waals surface area contributed by atoms with Crippen LogP contribution in [0.1, 0.15) is 33.3 Å². The van der Waals surface area contributed by atoms with Crippen LogP contribution in [0.15, 0.2) is 29.3 Å². The lowest BCUT2D eigenvalue weighted by Crippen LogP contribution is -2.47. The Morgan fingerprint density at radius 3 is 2.43 bits per heavy atom. The van der Waals surface area contributed by atoms with E-state index in [1.165, 1.54) is 11.3 Å². The van der Waals surface area contributed by atoms with Gasteiger partial charge in [-0.3, -0.25) is 0 Å². The van der Waals surface area contributed by atoms with Crippen LogP contribution in [0.5, 0.6) is 0 Å². The van der Waals surface area contributed by atoms with Gasteiger partial charge in [0.25, 0.3) is 0 Å². The first-order valence-electron chi connectivity index (χ1n) is 7.14. The lowest BCUT2D eigenvalue weighted by molar-refractivity contribution is 0.501. The maximum Gasteiger partial charge on any atom is 0.191 e. The lowest BCUT2D eigenvalue weighted by Gasteiger charge is -2.23. The Morgan fingerprint density at radius 1 is 1.24 bits per heavy atom. The molecule has 0 heterocycles. The second-order valence-corrected chi connectivity index (χ2v) is 6.13. The average molecular weight is 404 g/mol. The van der Waals surface area contributed by atoms with Gasteiger partial charge in [-0.25, -0.2) is 4.99 Å². The molecule has 0 bridgehead atoms. The number of nitrogens with one attached hydrogen (secondary N) is 2. The lowest BCUT2D eigenvalue weighted by atomic mass is 10.1. The van der Waals surface area contributed by atoms with E-state index >= 15 is 0 Å². The molecule has 1 aromatic carbocycles. The fourth-order valence-electron chi connectivity index (χ4n) is 1.77. The molecule has 0 spiro atoms. The van der Waals surface area contributed by atoms with E-state index in [1.807, 2.05) is 14.1 Å². The Kier molecular flexibility index (Phi) is 8.70. The summed E-state index contributed by atoms with van der Waals surface area (Å²) >= 11 is 0. The van der Waals surface area contributed by atoms with Crippen LogP contribution >= 0.6 is 24.0 Å². The van der Waals surface area contributed by atoms with E-state index in [0.29, 0.717) is 6.54 Å². The van der Waals surface area contributed by atoms with Gasteiger partial charge in [0.2, 0.25) is 0 Å². The molecule has 0 saturated heterocycles. The van der Waals surface area contributed by atoms with Crippen LogP contribution in [0.3, 0.4) is 0 Å². The van der Waals surface area contributed by atoms with Crippen molar-refractivity contribution in [2.45, 2.75) is 39.8 Å². The third kappa shape index (κ3) is 8.14. The normalized spacial score (nSPS) is 11.6. The van der Waals surface area contributed by atoms with Crippen molar-refractivity contribution in [3.63, 3.8) is 0 Å². The second-order valence-electron chi connectivity index (χ2n) is 6.13. The van der Waals surface area contributed by atoms with Crippen LogP contribution in [0.4, 0.5) is 5.69 Å². The fourth-order valence-corrected chi connectivity index (χ4v) is 1.77. The first kappa shape index (κ1) is 20.0. The molecule has 0 aliphatic carbocycles. The van der Waals surface area contributed by atoms with Crippen LogP contribution in [0.25, 0.3) is 0 Å². The molecule has 0 aromatic heterocycles. The van der Waals surface area contributed by atoms with E-state index in [0.717, 1.165) is 12.5 Å². The van der Waals surface area contributed by atoms with E-state index in [4.69, 9.17) is 0 Å². The molecule has 0 amide bonds. The van der Waals surface area contributed by atoms with Crippen molar-refractivity contribution < 1.29 is 0 Å². The topological polar surface area (TPSA) is 39.7 Å². The molecule has 1 aromatic rings. The number of hydrogen-bond acceptors (Lipinski definition) is 2. The standard InChI is InChI=1S/C16H28N4.HI/c1-7-17-15(19-16(2,3)4)18-12-13-9-8-10-14(11-13)20(5)6;/h8-11H,7,12H2,1-6H3,(H2,17,18,19);1H.